The van der Waals surface area contributed by atoms with Gasteiger partial charge in [-0.1, -0.05) is 59.1 Å². The Morgan fingerprint density at radius 2 is 2.07 bits per heavy atom. The molecule has 0 N–H and O–H groups in total. The van der Waals surface area contributed by atoms with Crippen molar-refractivity contribution in [2.75, 3.05) is 0 Å². The lowest BCUT2D eigenvalue weighted by atomic mass is 9.73. The highest BCUT2D eigenvalue weighted by Gasteiger charge is 2.32. The molecule has 1 aliphatic rings. The van der Waals surface area contributed by atoms with E-state index in [2.05, 4.69) is 40.7 Å². The van der Waals surface area contributed by atoms with Gasteiger partial charge in [-0.2, -0.15) is 0 Å². The molecule has 1 fully saturated rings. The molecule has 1 saturated carbocycles. The molecule has 3 unspecified atom stereocenters. The summed E-state index contributed by atoms with van der Waals surface area (Å²) in [5, 5.41) is 0. The van der Waals surface area contributed by atoms with Gasteiger partial charge in [-0.15, -0.1) is 0 Å². The number of hydrogen-bond donors (Lipinski definition) is 0. The summed E-state index contributed by atoms with van der Waals surface area (Å²) in [7, 11) is 0. The minimum Gasteiger partial charge on any atom is -0.0788 e. The van der Waals surface area contributed by atoms with Crippen molar-refractivity contribution in [3.05, 3.63) is 11.6 Å². The Balaban J connectivity index is 2.58. The van der Waals surface area contributed by atoms with Gasteiger partial charge in [0.25, 0.3) is 0 Å². The minimum atomic E-state index is 0.454. The van der Waals surface area contributed by atoms with Crippen molar-refractivity contribution in [2.24, 2.45) is 17.3 Å². The van der Waals surface area contributed by atoms with Gasteiger partial charge >= 0.3 is 0 Å². The molecule has 0 aromatic carbocycles. The smallest absolute Gasteiger partial charge is 0.0121 e. The van der Waals surface area contributed by atoms with Crippen LogP contribution in [-0.4, -0.2) is 0 Å². The normalized spacial score (nSPS) is 28.9. The fourth-order valence-electron chi connectivity index (χ4n) is 2.35. The number of allylic oxidation sites excluding steroid dienone is 2. The van der Waals surface area contributed by atoms with Gasteiger partial charge in [0.15, 0.2) is 0 Å². The van der Waals surface area contributed by atoms with Crippen LogP contribution >= 0.6 is 0 Å². The zero-order chi connectivity index (χ0) is 11.5. The number of unbranched alkanes of at least 4 members (excludes halogenated alkanes) is 1. The zero-order valence-corrected chi connectivity index (χ0v) is 11.3. The quantitative estimate of drug-likeness (QED) is 0.527. The molecule has 0 aromatic rings. The highest BCUT2D eigenvalue weighted by atomic mass is 14.4. The molecule has 0 aromatic heterocycles. The molecule has 0 saturated heterocycles. The Labute approximate surface area is 96.2 Å². The van der Waals surface area contributed by atoms with E-state index in [0.29, 0.717) is 5.41 Å². The molecule has 3 atom stereocenters. The van der Waals surface area contributed by atoms with Crippen LogP contribution in [0, 0.1) is 17.3 Å². The van der Waals surface area contributed by atoms with Gasteiger partial charge < -0.3 is 0 Å². The summed E-state index contributed by atoms with van der Waals surface area (Å²) in [6, 6.07) is 0. The molecule has 88 valence electrons. The van der Waals surface area contributed by atoms with E-state index in [1.165, 1.54) is 32.1 Å². The van der Waals surface area contributed by atoms with Crippen LogP contribution < -0.4 is 0 Å². The maximum atomic E-state index is 2.60. The van der Waals surface area contributed by atoms with Gasteiger partial charge in [0.1, 0.15) is 0 Å². The molecule has 15 heavy (non-hydrogen) atoms. The van der Waals surface area contributed by atoms with Gasteiger partial charge in [-0.25, -0.2) is 0 Å². The average molecular weight is 208 g/mol. The summed E-state index contributed by atoms with van der Waals surface area (Å²) in [6.45, 7) is 11.9. The Bertz CT molecular complexity index is 226. The van der Waals surface area contributed by atoms with Crippen molar-refractivity contribution in [2.45, 2.75) is 66.7 Å². The van der Waals surface area contributed by atoms with E-state index >= 15 is 0 Å². The summed E-state index contributed by atoms with van der Waals surface area (Å²) in [4.78, 5) is 0. The van der Waals surface area contributed by atoms with Gasteiger partial charge in [0, 0.05) is 0 Å². The monoisotopic (exact) mass is 208 g/mol. The van der Waals surface area contributed by atoms with Gasteiger partial charge in [-0.3, -0.25) is 0 Å². The van der Waals surface area contributed by atoms with Crippen LogP contribution in [0.5, 0.6) is 0 Å². The lowest BCUT2D eigenvalue weighted by molar-refractivity contribution is 0.245. The maximum absolute atomic E-state index is 2.60. The SMILES string of the molecule is CCCCC(C)C(C)(C=C1CC1C)CC. The summed E-state index contributed by atoms with van der Waals surface area (Å²) in [6.07, 6.45) is 9.34. The molecular weight excluding hydrogens is 180 g/mol. The van der Waals surface area contributed by atoms with E-state index in [0.717, 1.165) is 11.8 Å². The van der Waals surface area contributed by atoms with Gasteiger partial charge in [0.05, 0.1) is 0 Å². The van der Waals surface area contributed by atoms with Crippen LogP contribution in [0.25, 0.3) is 0 Å². The number of hydrogen-bond acceptors (Lipinski definition) is 0. The largest absolute Gasteiger partial charge is 0.0788 e. The molecule has 0 spiro atoms. The Kier molecular flexibility index (Phi) is 4.43. The summed E-state index contributed by atoms with van der Waals surface area (Å²) < 4.78 is 0. The Morgan fingerprint density at radius 1 is 1.47 bits per heavy atom. The zero-order valence-electron chi connectivity index (χ0n) is 11.3. The molecular formula is C15H28. The fraction of sp³-hybridized carbons (Fsp3) is 0.867. The molecule has 1 rings (SSSR count). The lowest BCUT2D eigenvalue weighted by Gasteiger charge is -2.32. The third-order valence-electron chi connectivity index (χ3n) is 4.41. The van der Waals surface area contributed by atoms with E-state index in [-0.39, 0.29) is 0 Å². The first-order valence-corrected chi connectivity index (χ1v) is 6.75. The van der Waals surface area contributed by atoms with Crippen molar-refractivity contribution < 1.29 is 0 Å². The third-order valence-corrected chi connectivity index (χ3v) is 4.41. The predicted molar refractivity (Wildman–Crippen MR) is 69.0 cm³/mol. The highest BCUT2D eigenvalue weighted by Crippen LogP contribution is 2.44. The highest BCUT2D eigenvalue weighted by molar-refractivity contribution is 5.25. The van der Waals surface area contributed by atoms with E-state index in [4.69, 9.17) is 0 Å². The molecule has 0 heterocycles. The number of rotatable bonds is 6. The molecule has 0 aliphatic heterocycles. The summed E-state index contributed by atoms with van der Waals surface area (Å²) in [5.74, 6) is 1.72. The van der Waals surface area contributed by atoms with Crippen molar-refractivity contribution in [1.82, 2.24) is 0 Å². The Morgan fingerprint density at radius 3 is 2.47 bits per heavy atom. The standard InChI is InChI=1S/C15H28/c1-6-8-9-13(4)15(5,7-2)11-14-10-12(14)3/h11-13H,6-10H2,1-5H3. The minimum absolute atomic E-state index is 0.454. The van der Waals surface area contributed by atoms with E-state index < -0.39 is 0 Å². The second-order valence-corrected chi connectivity index (χ2v) is 5.73. The topological polar surface area (TPSA) is 0 Å². The third kappa shape index (κ3) is 3.36. The van der Waals surface area contributed by atoms with Crippen LogP contribution in [-0.2, 0) is 0 Å². The van der Waals surface area contributed by atoms with Crippen LogP contribution in [0.4, 0.5) is 0 Å². The first-order chi connectivity index (χ1) is 7.03. The summed E-state index contributed by atoms with van der Waals surface area (Å²) >= 11 is 0. The van der Waals surface area contributed by atoms with Crippen molar-refractivity contribution in [3.8, 4) is 0 Å². The van der Waals surface area contributed by atoms with Crippen molar-refractivity contribution in [1.29, 1.82) is 0 Å². The molecule has 1 aliphatic carbocycles. The predicted octanol–water partition coefficient (Wildman–Crippen LogP) is 5.20. The van der Waals surface area contributed by atoms with Crippen LogP contribution in [0.15, 0.2) is 11.6 Å². The van der Waals surface area contributed by atoms with E-state index in [9.17, 15) is 0 Å². The van der Waals surface area contributed by atoms with Crippen LogP contribution in [0.1, 0.15) is 66.7 Å². The first kappa shape index (κ1) is 12.8. The molecule has 0 heteroatoms. The van der Waals surface area contributed by atoms with Crippen LogP contribution in [0.2, 0.25) is 0 Å². The van der Waals surface area contributed by atoms with Gasteiger partial charge in [0.2, 0.25) is 0 Å². The summed E-state index contributed by atoms with van der Waals surface area (Å²) in [5.41, 5.74) is 2.16. The van der Waals surface area contributed by atoms with E-state index in [1.807, 2.05) is 0 Å². The molecule has 0 nitrogen and oxygen atoms in total. The van der Waals surface area contributed by atoms with Crippen molar-refractivity contribution in [3.63, 3.8) is 0 Å². The molecule has 0 radical (unpaired) electrons. The fourth-order valence-corrected chi connectivity index (χ4v) is 2.35. The van der Waals surface area contributed by atoms with Crippen molar-refractivity contribution >= 4 is 0 Å². The first-order valence-electron chi connectivity index (χ1n) is 6.75. The second-order valence-electron chi connectivity index (χ2n) is 5.73. The second kappa shape index (κ2) is 5.18. The Hall–Kier alpha value is -0.260. The van der Waals surface area contributed by atoms with E-state index in [1.54, 1.807) is 5.57 Å². The molecule has 0 bridgehead atoms. The van der Waals surface area contributed by atoms with Gasteiger partial charge in [-0.05, 0) is 36.5 Å². The van der Waals surface area contributed by atoms with Crippen LogP contribution in [0.3, 0.4) is 0 Å². The molecule has 0 amide bonds. The lowest BCUT2D eigenvalue weighted by Crippen LogP contribution is -2.22. The maximum Gasteiger partial charge on any atom is -0.0121 e. The average Bonchev–Trinajstić information content (AvgIpc) is 2.90.